The van der Waals surface area contributed by atoms with Gasteiger partial charge in [0.1, 0.15) is 12.4 Å². The molecule has 4 heterocycles. The summed E-state index contributed by atoms with van der Waals surface area (Å²) in [5, 5.41) is 12.4. The number of likely N-dealkylation sites (tertiary alicyclic amines) is 3. The molecule has 1 aromatic rings. The first-order valence-electron chi connectivity index (χ1n) is 11.7. The first-order valence-corrected chi connectivity index (χ1v) is 11.7. The highest BCUT2D eigenvalue weighted by atomic mass is 16.5. The normalized spacial score (nSPS) is 21.3. The summed E-state index contributed by atoms with van der Waals surface area (Å²) in [5.74, 6) is 1.04. The van der Waals surface area contributed by atoms with Gasteiger partial charge in [0.05, 0.1) is 30.9 Å². The number of carbonyl (C=O) groups excluding carboxylic acids is 2. The topological polar surface area (TPSA) is 98.2 Å². The van der Waals surface area contributed by atoms with Crippen LogP contribution in [0.5, 0.6) is 5.75 Å². The highest BCUT2D eigenvalue weighted by Gasteiger charge is 2.39. The number of carbonyl (C=O) groups is 2. The predicted molar refractivity (Wildman–Crippen MR) is 120 cm³/mol. The lowest BCUT2D eigenvalue weighted by atomic mass is 9.92. The molecule has 0 spiro atoms. The van der Waals surface area contributed by atoms with Crippen molar-refractivity contribution in [3.63, 3.8) is 0 Å². The van der Waals surface area contributed by atoms with Crippen LogP contribution in [0, 0.1) is 0 Å². The van der Waals surface area contributed by atoms with E-state index in [1.807, 2.05) is 18.3 Å². The molecule has 0 bridgehead atoms. The molecule has 0 aliphatic carbocycles. The lowest BCUT2D eigenvalue weighted by Crippen LogP contribution is -2.64. The molecule has 9 nitrogen and oxygen atoms in total. The number of β-amino-alcohol motifs (C(OH)–C–C–N with tert-alkyl or cyclic N) is 1. The zero-order valence-corrected chi connectivity index (χ0v) is 19.0. The van der Waals surface area contributed by atoms with Gasteiger partial charge in [0.2, 0.25) is 5.91 Å². The maximum atomic E-state index is 12.5. The van der Waals surface area contributed by atoms with Gasteiger partial charge in [-0.1, -0.05) is 0 Å². The summed E-state index contributed by atoms with van der Waals surface area (Å²) in [6, 6.07) is 3.60. The molecule has 3 fully saturated rings. The van der Waals surface area contributed by atoms with Crippen LogP contribution in [0.15, 0.2) is 18.3 Å². The summed E-state index contributed by atoms with van der Waals surface area (Å²) < 4.78 is 6.09. The van der Waals surface area contributed by atoms with Gasteiger partial charge in [0.25, 0.3) is 0 Å². The Labute approximate surface area is 189 Å². The number of rotatable bonds is 7. The van der Waals surface area contributed by atoms with Gasteiger partial charge in [0.15, 0.2) is 0 Å². The number of piperidine rings is 1. The standard InChI is InChI=1S/C23H35N5O4/c1-23(31)16-28(17-23)22(30)25-15-20(29)27-11-6-18(7-12-27)21-19(5-4-8-24-21)32-14-13-26-9-2-3-10-26/h4-5,8,18,31H,2-3,6-7,9-17H2,1H3,(H,25,30). The number of aromatic nitrogens is 1. The van der Waals surface area contributed by atoms with Crippen molar-refractivity contribution in [2.45, 2.75) is 44.1 Å². The summed E-state index contributed by atoms with van der Waals surface area (Å²) in [4.78, 5) is 34.9. The van der Waals surface area contributed by atoms with Gasteiger partial charge in [-0.15, -0.1) is 0 Å². The van der Waals surface area contributed by atoms with Crippen LogP contribution in [-0.4, -0.2) is 101 Å². The third-order valence-corrected chi connectivity index (χ3v) is 6.64. The summed E-state index contributed by atoms with van der Waals surface area (Å²) >= 11 is 0. The minimum atomic E-state index is -0.814. The quantitative estimate of drug-likeness (QED) is 0.651. The molecule has 3 aliphatic heterocycles. The fourth-order valence-corrected chi connectivity index (χ4v) is 4.82. The van der Waals surface area contributed by atoms with E-state index in [1.54, 1.807) is 11.8 Å². The first kappa shape index (κ1) is 22.8. The van der Waals surface area contributed by atoms with Crippen molar-refractivity contribution in [3.05, 3.63) is 24.0 Å². The Kier molecular flexibility index (Phi) is 7.15. The van der Waals surface area contributed by atoms with Crippen LogP contribution >= 0.6 is 0 Å². The molecule has 3 aliphatic rings. The van der Waals surface area contributed by atoms with Crippen LogP contribution in [0.3, 0.4) is 0 Å². The zero-order chi connectivity index (χ0) is 22.6. The summed E-state index contributed by atoms with van der Waals surface area (Å²) in [6.07, 6.45) is 6.02. The molecular formula is C23H35N5O4. The van der Waals surface area contributed by atoms with Crippen molar-refractivity contribution in [1.29, 1.82) is 0 Å². The molecule has 3 amide bonds. The molecule has 3 saturated heterocycles. The van der Waals surface area contributed by atoms with Crippen LogP contribution in [0.1, 0.15) is 44.2 Å². The number of urea groups is 1. The van der Waals surface area contributed by atoms with Crippen LogP contribution < -0.4 is 10.1 Å². The van der Waals surface area contributed by atoms with Gasteiger partial charge in [-0.25, -0.2) is 4.79 Å². The Balaban J connectivity index is 1.21. The van der Waals surface area contributed by atoms with E-state index >= 15 is 0 Å². The summed E-state index contributed by atoms with van der Waals surface area (Å²) in [5.41, 5.74) is 0.171. The highest BCUT2D eigenvalue weighted by Crippen LogP contribution is 2.32. The second-order valence-electron chi connectivity index (χ2n) is 9.45. The van der Waals surface area contributed by atoms with Crippen molar-refractivity contribution in [1.82, 2.24) is 25.0 Å². The molecule has 9 heteroatoms. The van der Waals surface area contributed by atoms with Crippen molar-refractivity contribution >= 4 is 11.9 Å². The second-order valence-corrected chi connectivity index (χ2v) is 9.45. The van der Waals surface area contributed by atoms with E-state index in [2.05, 4.69) is 15.2 Å². The minimum Gasteiger partial charge on any atom is -0.490 e. The molecule has 0 saturated carbocycles. The maximum Gasteiger partial charge on any atom is 0.318 e. The highest BCUT2D eigenvalue weighted by molar-refractivity contribution is 5.84. The summed E-state index contributed by atoms with van der Waals surface area (Å²) in [6.45, 7) is 7.49. The van der Waals surface area contributed by atoms with E-state index in [1.165, 1.54) is 17.7 Å². The van der Waals surface area contributed by atoms with Crippen molar-refractivity contribution < 1.29 is 19.4 Å². The number of ether oxygens (including phenoxy) is 1. The third kappa shape index (κ3) is 5.69. The van der Waals surface area contributed by atoms with Gasteiger partial charge in [-0.3, -0.25) is 14.7 Å². The molecular weight excluding hydrogens is 410 g/mol. The van der Waals surface area contributed by atoms with Crippen molar-refractivity contribution in [2.75, 3.05) is 59.0 Å². The van der Waals surface area contributed by atoms with Gasteiger partial charge in [-0.05, 0) is 57.8 Å². The van der Waals surface area contributed by atoms with Crippen LogP contribution in [0.2, 0.25) is 0 Å². The lowest BCUT2D eigenvalue weighted by Gasteiger charge is -2.43. The molecule has 1 aromatic heterocycles. The molecule has 32 heavy (non-hydrogen) atoms. The number of amides is 3. The predicted octanol–water partition coefficient (Wildman–Crippen LogP) is 1.04. The smallest absolute Gasteiger partial charge is 0.318 e. The maximum absolute atomic E-state index is 12.5. The molecule has 4 rings (SSSR count). The van der Waals surface area contributed by atoms with Gasteiger partial charge < -0.3 is 25.0 Å². The Bertz CT molecular complexity index is 795. The van der Waals surface area contributed by atoms with Crippen LogP contribution in [0.25, 0.3) is 0 Å². The van der Waals surface area contributed by atoms with E-state index in [4.69, 9.17) is 4.74 Å². The van der Waals surface area contributed by atoms with Gasteiger partial charge in [0, 0.05) is 31.7 Å². The van der Waals surface area contributed by atoms with Gasteiger partial charge in [-0.2, -0.15) is 0 Å². The number of hydrogen-bond acceptors (Lipinski definition) is 6. The molecule has 176 valence electrons. The molecule has 0 unspecified atom stereocenters. The Hall–Kier alpha value is -2.39. The van der Waals surface area contributed by atoms with E-state index in [9.17, 15) is 14.7 Å². The molecule has 2 N–H and O–H groups in total. The third-order valence-electron chi connectivity index (χ3n) is 6.64. The average molecular weight is 446 g/mol. The monoisotopic (exact) mass is 445 g/mol. The number of hydrogen-bond donors (Lipinski definition) is 2. The largest absolute Gasteiger partial charge is 0.490 e. The van der Waals surface area contributed by atoms with E-state index in [0.717, 1.165) is 43.9 Å². The zero-order valence-electron chi connectivity index (χ0n) is 19.0. The number of nitrogens with one attached hydrogen (secondary N) is 1. The van der Waals surface area contributed by atoms with E-state index in [0.29, 0.717) is 32.8 Å². The Morgan fingerprint density at radius 2 is 1.91 bits per heavy atom. The molecule has 0 radical (unpaired) electrons. The van der Waals surface area contributed by atoms with Crippen LogP contribution in [-0.2, 0) is 4.79 Å². The fourth-order valence-electron chi connectivity index (χ4n) is 4.82. The first-order chi connectivity index (χ1) is 15.4. The second kappa shape index (κ2) is 10.0. The van der Waals surface area contributed by atoms with E-state index in [-0.39, 0.29) is 24.4 Å². The molecule has 0 aromatic carbocycles. The fraction of sp³-hybridized carbons (Fsp3) is 0.696. The minimum absolute atomic E-state index is 0.0173. The summed E-state index contributed by atoms with van der Waals surface area (Å²) in [7, 11) is 0. The van der Waals surface area contributed by atoms with Crippen molar-refractivity contribution in [2.24, 2.45) is 0 Å². The van der Waals surface area contributed by atoms with E-state index < -0.39 is 5.60 Å². The number of nitrogens with zero attached hydrogens (tertiary/aromatic N) is 4. The lowest BCUT2D eigenvalue weighted by molar-refractivity contribution is -0.131. The molecule has 0 atom stereocenters. The SMILES string of the molecule is CC1(O)CN(C(=O)NCC(=O)N2CCC(c3ncccc3OCCN3CCCC3)CC2)C1. The number of pyridine rings is 1. The Morgan fingerprint density at radius 1 is 1.19 bits per heavy atom. The van der Waals surface area contributed by atoms with Crippen LogP contribution in [0.4, 0.5) is 4.79 Å². The number of aliphatic hydroxyl groups is 1. The average Bonchev–Trinajstić information content (AvgIpc) is 3.29. The van der Waals surface area contributed by atoms with Crippen molar-refractivity contribution in [3.8, 4) is 5.75 Å². The van der Waals surface area contributed by atoms with Gasteiger partial charge >= 0.3 is 6.03 Å². The Morgan fingerprint density at radius 3 is 2.59 bits per heavy atom.